The maximum Gasteiger partial charge on any atom is 0.416 e. The molecule has 9 heteroatoms. The minimum atomic E-state index is -4.40. The maximum atomic E-state index is 13.0. The molecule has 0 radical (unpaired) electrons. The summed E-state index contributed by atoms with van der Waals surface area (Å²) in [7, 11) is 0. The molecule has 0 spiro atoms. The van der Waals surface area contributed by atoms with Gasteiger partial charge in [0.05, 0.1) is 5.56 Å². The molecule has 0 saturated carbocycles. The molecule has 0 aliphatic heterocycles. The Morgan fingerprint density at radius 2 is 1.71 bits per heavy atom. The van der Waals surface area contributed by atoms with Crippen LogP contribution in [0, 0.1) is 5.82 Å². The highest BCUT2D eigenvalue weighted by molar-refractivity contribution is 7.13. The van der Waals surface area contributed by atoms with Crippen LogP contribution in [0.2, 0.25) is 0 Å². The number of ether oxygens (including phenoxy) is 1. The van der Waals surface area contributed by atoms with E-state index in [0.717, 1.165) is 23.3 Å². The van der Waals surface area contributed by atoms with E-state index in [1.807, 2.05) is 0 Å². The van der Waals surface area contributed by atoms with Gasteiger partial charge in [-0.2, -0.15) is 13.2 Å². The zero-order valence-electron chi connectivity index (χ0n) is 17.6. The van der Waals surface area contributed by atoms with Crippen LogP contribution in [-0.4, -0.2) is 10.9 Å². The van der Waals surface area contributed by atoms with Crippen molar-refractivity contribution in [2.75, 3.05) is 0 Å². The highest BCUT2D eigenvalue weighted by Crippen LogP contribution is 2.30. The predicted octanol–water partition coefficient (Wildman–Crippen LogP) is 6.48. The second-order valence-electron chi connectivity index (χ2n) is 7.36. The molecule has 0 bridgehead atoms. The van der Waals surface area contributed by atoms with E-state index in [-0.39, 0.29) is 30.6 Å². The van der Waals surface area contributed by atoms with Gasteiger partial charge in [-0.25, -0.2) is 9.37 Å². The van der Waals surface area contributed by atoms with E-state index >= 15 is 0 Å². The number of halogens is 4. The summed E-state index contributed by atoms with van der Waals surface area (Å²) in [6.07, 6.45) is -4.40. The number of rotatable bonds is 7. The SMILES string of the molecule is O=C(NCc1ccc(F)cc1)c1csc(-c2ccc(OCc3cccc(C(F)(F)F)c3)cc2)n1. The first-order valence-corrected chi connectivity index (χ1v) is 11.0. The number of nitrogens with zero attached hydrogens (tertiary/aromatic N) is 1. The highest BCUT2D eigenvalue weighted by atomic mass is 32.1. The van der Waals surface area contributed by atoms with Gasteiger partial charge in [0, 0.05) is 17.5 Å². The van der Waals surface area contributed by atoms with Gasteiger partial charge >= 0.3 is 6.18 Å². The highest BCUT2D eigenvalue weighted by Gasteiger charge is 2.30. The van der Waals surface area contributed by atoms with Crippen LogP contribution in [0.25, 0.3) is 10.6 Å². The number of benzene rings is 3. The van der Waals surface area contributed by atoms with E-state index in [1.54, 1.807) is 47.8 Å². The molecule has 34 heavy (non-hydrogen) atoms. The molecule has 4 rings (SSSR count). The van der Waals surface area contributed by atoms with Gasteiger partial charge in [-0.15, -0.1) is 11.3 Å². The molecule has 0 aliphatic rings. The summed E-state index contributed by atoms with van der Waals surface area (Å²) in [4.78, 5) is 16.7. The molecule has 1 aromatic heterocycles. The smallest absolute Gasteiger partial charge is 0.416 e. The van der Waals surface area contributed by atoms with Gasteiger partial charge in [-0.3, -0.25) is 4.79 Å². The zero-order valence-corrected chi connectivity index (χ0v) is 18.4. The first-order chi connectivity index (χ1) is 16.3. The molecule has 174 valence electrons. The Morgan fingerprint density at radius 3 is 2.41 bits per heavy atom. The van der Waals surface area contributed by atoms with Crippen molar-refractivity contribution < 1.29 is 27.1 Å². The number of alkyl halides is 3. The summed E-state index contributed by atoms with van der Waals surface area (Å²) in [5.41, 5.74) is 1.51. The molecule has 4 nitrogen and oxygen atoms in total. The van der Waals surface area contributed by atoms with Crippen LogP contribution in [0.3, 0.4) is 0 Å². The minimum Gasteiger partial charge on any atom is -0.489 e. The first kappa shape index (κ1) is 23.4. The number of aromatic nitrogens is 1. The summed E-state index contributed by atoms with van der Waals surface area (Å²) in [5.74, 6) is -0.186. The third-order valence-electron chi connectivity index (χ3n) is 4.86. The Hall–Kier alpha value is -3.72. The number of hydrogen-bond donors (Lipinski definition) is 1. The van der Waals surface area contributed by atoms with Crippen molar-refractivity contribution >= 4 is 17.2 Å². The van der Waals surface area contributed by atoms with E-state index in [2.05, 4.69) is 10.3 Å². The summed E-state index contributed by atoms with van der Waals surface area (Å²) in [5, 5.41) is 5.03. The van der Waals surface area contributed by atoms with Crippen LogP contribution in [0.4, 0.5) is 17.6 Å². The lowest BCUT2D eigenvalue weighted by atomic mass is 10.1. The molecule has 4 aromatic rings. The van der Waals surface area contributed by atoms with Crippen molar-refractivity contribution in [3.8, 4) is 16.3 Å². The first-order valence-electron chi connectivity index (χ1n) is 10.2. The van der Waals surface area contributed by atoms with Crippen LogP contribution in [-0.2, 0) is 19.3 Å². The number of carbonyl (C=O) groups excluding carboxylic acids is 1. The van der Waals surface area contributed by atoms with Gasteiger partial charge in [0.25, 0.3) is 5.91 Å². The van der Waals surface area contributed by atoms with Crippen LogP contribution in [0.5, 0.6) is 5.75 Å². The van der Waals surface area contributed by atoms with Crippen molar-refractivity contribution in [2.24, 2.45) is 0 Å². The fraction of sp³-hybridized carbons (Fsp3) is 0.120. The Morgan fingerprint density at radius 1 is 0.971 bits per heavy atom. The van der Waals surface area contributed by atoms with E-state index in [4.69, 9.17) is 4.74 Å². The molecular weight excluding hydrogens is 468 g/mol. The molecule has 0 aliphatic carbocycles. The van der Waals surface area contributed by atoms with E-state index in [0.29, 0.717) is 16.3 Å². The van der Waals surface area contributed by atoms with Crippen molar-refractivity contribution in [3.63, 3.8) is 0 Å². The molecule has 0 atom stereocenters. The second kappa shape index (κ2) is 10.0. The van der Waals surface area contributed by atoms with Crippen molar-refractivity contribution in [3.05, 3.63) is 106 Å². The van der Waals surface area contributed by atoms with Gasteiger partial charge in [0.1, 0.15) is 28.9 Å². The van der Waals surface area contributed by atoms with E-state index < -0.39 is 11.7 Å². The quantitative estimate of drug-likeness (QED) is 0.304. The summed E-state index contributed by atoms with van der Waals surface area (Å²) >= 11 is 1.31. The molecule has 0 unspecified atom stereocenters. The summed E-state index contributed by atoms with van der Waals surface area (Å²) < 4.78 is 57.1. The number of carbonyl (C=O) groups is 1. The lowest BCUT2D eigenvalue weighted by molar-refractivity contribution is -0.137. The molecule has 1 N–H and O–H groups in total. The number of hydrogen-bond acceptors (Lipinski definition) is 4. The molecular formula is C25H18F4N2O2S. The minimum absolute atomic E-state index is 0.00110. The Balaban J connectivity index is 1.34. The maximum absolute atomic E-state index is 13.0. The molecule has 0 fully saturated rings. The second-order valence-corrected chi connectivity index (χ2v) is 8.22. The Bertz CT molecular complexity index is 1270. The molecule has 3 aromatic carbocycles. The monoisotopic (exact) mass is 486 g/mol. The normalized spacial score (nSPS) is 11.3. The van der Waals surface area contributed by atoms with Crippen LogP contribution in [0.15, 0.2) is 78.2 Å². The fourth-order valence-electron chi connectivity index (χ4n) is 3.08. The van der Waals surface area contributed by atoms with Gasteiger partial charge in [0.2, 0.25) is 0 Å². The number of thiazole rings is 1. The average Bonchev–Trinajstić information content (AvgIpc) is 3.33. The topological polar surface area (TPSA) is 51.2 Å². The molecule has 1 amide bonds. The standard InChI is InChI=1S/C25H18F4N2O2S/c26-20-8-4-16(5-9-20)13-30-23(32)22-15-34-24(31-22)18-6-10-21(11-7-18)33-14-17-2-1-3-19(12-17)25(27,28)29/h1-12,15H,13-14H2,(H,30,32). The fourth-order valence-corrected chi connectivity index (χ4v) is 3.89. The van der Waals surface area contributed by atoms with Crippen LogP contribution < -0.4 is 10.1 Å². The van der Waals surface area contributed by atoms with Crippen LogP contribution in [0.1, 0.15) is 27.2 Å². The summed E-state index contributed by atoms with van der Waals surface area (Å²) in [6.45, 7) is 0.253. The van der Waals surface area contributed by atoms with Gasteiger partial charge < -0.3 is 10.1 Å². The predicted molar refractivity (Wildman–Crippen MR) is 121 cm³/mol. The van der Waals surface area contributed by atoms with Crippen molar-refractivity contribution in [1.29, 1.82) is 0 Å². The largest absolute Gasteiger partial charge is 0.489 e. The van der Waals surface area contributed by atoms with Crippen molar-refractivity contribution in [1.82, 2.24) is 10.3 Å². The third-order valence-corrected chi connectivity index (χ3v) is 5.76. The Kier molecular flexibility index (Phi) is 6.93. The summed E-state index contributed by atoms with van der Waals surface area (Å²) in [6, 6.07) is 17.8. The molecule has 1 heterocycles. The van der Waals surface area contributed by atoms with E-state index in [9.17, 15) is 22.4 Å². The van der Waals surface area contributed by atoms with Crippen molar-refractivity contribution in [2.45, 2.75) is 19.3 Å². The Labute approximate surface area is 196 Å². The van der Waals surface area contributed by atoms with Gasteiger partial charge in [-0.1, -0.05) is 24.3 Å². The average molecular weight is 486 g/mol. The lowest BCUT2D eigenvalue weighted by Crippen LogP contribution is -2.23. The zero-order chi connectivity index (χ0) is 24.1. The van der Waals surface area contributed by atoms with Gasteiger partial charge in [-0.05, 0) is 59.7 Å². The number of nitrogens with one attached hydrogen (secondary N) is 1. The van der Waals surface area contributed by atoms with E-state index in [1.165, 1.54) is 29.5 Å². The van der Waals surface area contributed by atoms with Crippen LogP contribution >= 0.6 is 11.3 Å². The number of amides is 1. The third kappa shape index (κ3) is 5.99. The molecule has 0 saturated heterocycles. The lowest BCUT2D eigenvalue weighted by Gasteiger charge is -2.10. The van der Waals surface area contributed by atoms with Gasteiger partial charge in [0.15, 0.2) is 0 Å².